The number of nitrogens with zero attached hydrogens (tertiary/aromatic N) is 2. The predicted octanol–water partition coefficient (Wildman–Crippen LogP) is 4.78. The van der Waals surface area contributed by atoms with E-state index in [-0.39, 0.29) is 17.5 Å². The Bertz CT molecular complexity index is 1160. The standard InChI is InChI=1S/C24H23N3O6S2/c1-33-23(30)17-8-6-16(7-9-17)15-20-22(29)26(24(34)35-20)14-4-2-3-5-21(28)25-18-10-12-19(13-11-18)27(31)32/h6-13,15H,2-5,14H2,1H3,(H,25,28)/b20-15-. The third-order valence-electron chi connectivity index (χ3n) is 5.15. The molecule has 0 aliphatic carbocycles. The number of hydrogen-bond acceptors (Lipinski definition) is 8. The number of nitro groups is 1. The number of ether oxygens (including phenoxy) is 1. The number of nitro benzene ring substituents is 1. The Morgan fingerprint density at radius 2 is 1.80 bits per heavy atom. The molecule has 0 radical (unpaired) electrons. The molecule has 0 aromatic heterocycles. The summed E-state index contributed by atoms with van der Waals surface area (Å²) >= 11 is 6.59. The van der Waals surface area contributed by atoms with Gasteiger partial charge in [0.15, 0.2) is 0 Å². The Labute approximate surface area is 211 Å². The largest absolute Gasteiger partial charge is 0.465 e. The predicted molar refractivity (Wildman–Crippen MR) is 138 cm³/mol. The van der Waals surface area contributed by atoms with Gasteiger partial charge in [-0.3, -0.25) is 24.6 Å². The van der Waals surface area contributed by atoms with Gasteiger partial charge in [-0.15, -0.1) is 0 Å². The Hall–Kier alpha value is -3.57. The van der Waals surface area contributed by atoms with Gasteiger partial charge in [0.2, 0.25) is 5.91 Å². The zero-order valence-electron chi connectivity index (χ0n) is 18.9. The molecule has 2 aromatic rings. The Morgan fingerprint density at radius 3 is 2.43 bits per heavy atom. The monoisotopic (exact) mass is 513 g/mol. The van der Waals surface area contributed by atoms with Gasteiger partial charge in [0.25, 0.3) is 11.6 Å². The van der Waals surface area contributed by atoms with Crippen LogP contribution in [0.1, 0.15) is 41.6 Å². The van der Waals surface area contributed by atoms with Crippen LogP contribution in [0.5, 0.6) is 0 Å². The molecular formula is C24H23N3O6S2. The molecule has 1 heterocycles. The van der Waals surface area contributed by atoms with Crippen LogP contribution in [0.25, 0.3) is 6.08 Å². The van der Waals surface area contributed by atoms with Crippen LogP contribution in [-0.4, -0.2) is 45.6 Å². The second-order valence-corrected chi connectivity index (χ2v) is 9.29. The van der Waals surface area contributed by atoms with E-state index in [2.05, 4.69) is 10.1 Å². The molecule has 0 saturated carbocycles. The molecule has 182 valence electrons. The first-order valence-corrected chi connectivity index (χ1v) is 12.0. The molecule has 1 saturated heterocycles. The first kappa shape index (κ1) is 26.0. The van der Waals surface area contributed by atoms with Crippen LogP contribution in [0.4, 0.5) is 11.4 Å². The number of thiocarbonyl (C=S) groups is 1. The third kappa shape index (κ3) is 7.20. The van der Waals surface area contributed by atoms with Crippen LogP contribution in [0.3, 0.4) is 0 Å². The maximum atomic E-state index is 12.8. The number of carbonyl (C=O) groups is 3. The number of unbranched alkanes of at least 4 members (excludes halogenated alkanes) is 2. The van der Waals surface area contributed by atoms with Crippen molar-refractivity contribution in [3.8, 4) is 0 Å². The lowest BCUT2D eigenvalue weighted by Gasteiger charge is -2.14. The normalized spacial score (nSPS) is 14.3. The summed E-state index contributed by atoms with van der Waals surface area (Å²) in [5, 5.41) is 13.4. The van der Waals surface area contributed by atoms with E-state index in [4.69, 9.17) is 12.2 Å². The number of nitrogens with one attached hydrogen (secondary N) is 1. The van der Waals surface area contributed by atoms with Crippen molar-refractivity contribution in [1.29, 1.82) is 0 Å². The van der Waals surface area contributed by atoms with Crippen molar-refractivity contribution in [3.63, 3.8) is 0 Å². The van der Waals surface area contributed by atoms with Crippen LogP contribution in [0.15, 0.2) is 53.4 Å². The number of benzene rings is 2. The molecule has 1 N–H and O–H groups in total. The van der Waals surface area contributed by atoms with E-state index in [1.807, 2.05) is 0 Å². The highest BCUT2D eigenvalue weighted by Crippen LogP contribution is 2.32. The summed E-state index contributed by atoms with van der Waals surface area (Å²) in [5.41, 5.74) is 1.67. The summed E-state index contributed by atoms with van der Waals surface area (Å²) in [6.45, 7) is 0.466. The minimum absolute atomic E-state index is 0.0370. The van der Waals surface area contributed by atoms with Gasteiger partial charge < -0.3 is 10.1 Å². The van der Waals surface area contributed by atoms with Gasteiger partial charge in [-0.1, -0.05) is 42.5 Å². The zero-order valence-corrected chi connectivity index (χ0v) is 20.5. The molecule has 1 aliphatic rings. The van der Waals surface area contributed by atoms with Gasteiger partial charge >= 0.3 is 5.97 Å². The molecule has 0 bridgehead atoms. The molecule has 1 aliphatic heterocycles. The van der Waals surface area contributed by atoms with Gasteiger partial charge in [0, 0.05) is 30.8 Å². The van der Waals surface area contributed by atoms with Crippen molar-refractivity contribution in [2.45, 2.75) is 25.7 Å². The van der Waals surface area contributed by atoms with E-state index in [1.165, 1.54) is 43.1 Å². The van der Waals surface area contributed by atoms with Gasteiger partial charge in [0.1, 0.15) is 4.32 Å². The van der Waals surface area contributed by atoms with Gasteiger partial charge in [-0.25, -0.2) is 4.79 Å². The van der Waals surface area contributed by atoms with Crippen molar-refractivity contribution in [2.24, 2.45) is 0 Å². The van der Waals surface area contributed by atoms with Crippen LogP contribution in [-0.2, 0) is 14.3 Å². The van der Waals surface area contributed by atoms with E-state index >= 15 is 0 Å². The Balaban J connectivity index is 1.42. The first-order chi connectivity index (χ1) is 16.8. The maximum absolute atomic E-state index is 12.8. The van der Waals surface area contributed by atoms with Gasteiger partial charge in [0.05, 0.1) is 22.5 Å². The highest BCUT2D eigenvalue weighted by molar-refractivity contribution is 8.26. The number of amides is 2. The number of carbonyl (C=O) groups excluding carboxylic acids is 3. The van der Waals surface area contributed by atoms with Crippen LogP contribution < -0.4 is 5.32 Å². The minimum Gasteiger partial charge on any atom is -0.465 e. The molecule has 35 heavy (non-hydrogen) atoms. The summed E-state index contributed by atoms with van der Waals surface area (Å²) in [4.78, 5) is 48.6. The van der Waals surface area contributed by atoms with Gasteiger partial charge in [-0.05, 0) is 48.7 Å². The summed E-state index contributed by atoms with van der Waals surface area (Å²) < 4.78 is 5.17. The molecule has 0 spiro atoms. The second-order valence-electron chi connectivity index (χ2n) is 7.61. The quantitative estimate of drug-likeness (QED) is 0.120. The lowest BCUT2D eigenvalue weighted by Crippen LogP contribution is -2.29. The molecule has 2 amide bonds. The fourth-order valence-electron chi connectivity index (χ4n) is 3.30. The second kappa shape index (κ2) is 12.2. The first-order valence-electron chi connectivity index (χ1n) is 10.8. The Morgan fingerprint density at radius 1 is 1.11 bits per heavy atom. The molecule has 11 heteroatoms. The van der Waals surface area contributed by atoms with E-state index in [0.717, 1.165) is 12.0 Å². The van der Waals surface area contributed by atoms with Crippen LogP contribution in [0, 0.1) is 10.1 Å². The third-order valence-corrected chi connectivity index (χ3v) is 6.53. The van der Waals surface area contributed by atoms with Crippen molar-refractivity contribution < 1.29 is 24.0 Å². The van der Waals surface area contributed by atoms with Crippen LogP contribution >= 0.6 is 24.0 Å². The fourth-order valence-corrected chi connectivity index (χ4v) is 4.61. The molecule has 1 fully saturated rings. The summed E-state index contributed by atoms with van der Waals surface area (Å²) in [6, 6.07) is 12.4. The smallest absolute Gasteiger partial charge is 0.337 e. The van der Waals surface area contributed by atoms with Crippen molar-refractivity contribution in [1.82, 2.24) is 4.90 Å². The van der Waals surface area contributed by atoms with Gasteiger partial charge in [-0.2, -0.15) is 0 Å². The van der Waals surface area contributed by atoms with E-state index in [1.54, 1.807) is 35.2 Å². The number of esters is 1. The molecule has 2 aromatic carbocycles. The maximum Gasteiger partial charge on any atom is 0.337 e. The van der Waals surface area contributed by atoms with Crippen molar-refractivity contribution in [3.05, 3.63) is 74.7 Å². The van der Waals surface area contributed by atoms with Crippen molar-refractivity contribution in [2.75, 3.05) is 19.0 Å². The summed E-state index contributed by atoms with van der Waals surface area (Å²) in [7, 11) is 1.32. The lowest BCUT2D eigenvalue weighted by atomic mass is 10.1. The minimum atomic E-state index is -0.497. The molecular weight excluding hydrogens is 490 g/mol. The number of anilines is 1. The SMILES string of the molecule is COC(=O)c1ccc(/C=C2\SC(=S)N(CCCCCC(=O)Nc3ccc([N+](=O)[O-])cc3)C2=O)cc1. The lowest BCUT2D eigenvalue weighted by molar-refractivity contribution is -0.384. The molecule has 3 rings (SSSR count). The van der Waals surface area contributed by atoms with E-state index in [9.17, 15) is 24.5 Å². The van der Waals surface area contributed by atoms with E-state index < -0.39 is 10.9 Å². The Kier molecular flexibility index (Phi) is 9.10. The summed E-state index contributed by atoms with van der Waals surface area (Å²) in [5.74, 6) is -0.759. The molecule has 0 atom stereocenters. The number of thioether (sulfide) groups is 1. The number of hydrogen-bond donors (Lipinski definition) is 1. The highest BCUT2D eigenvalue weighted by Gasteiger charge is 2.31. The van der Waals surface area contributed by atoms with E-state index in [0.29, 0.717) is 46.3 Å². The highest BCUT2D eigenvalue weighted by atomic mass is 32.2. The number of rotatable bonds is 10. The average Bonchev–Trinajstić information content (AvgIpc) is 3.11. The molecule has 0 unspecified atom stereocenters. The van der Waals surface area contributed by atoms with Crippen LogP contribution in [0.2, 0.25) is 0 Å². The fraction of sp³-hybridized carbons (Fsp3) is 0.250. The summed E-state index contributed by atoms with van der Waals surface area (Å²) in [6.07, 6.45) is 4.10. The average molecular weight is 514 g/mol. The van der Waals surface area contributed by atoms with Crippen molar-refractivity contribution >= 4 is 63.5 Å². The number of methoxy groups -OCH3 is 1. The number of non-ortho nitro benzene ring substituents is 1. The zero-order chi connectivity index (χ0) is 25.4. The molecule has 9 nitrogen and oxygen atoms in total. The topological polar surface area (TPSA) is 119 Å².